The average molecular weight is 360 g/mol. The van der Waals surface area contributed by atoms with Crippen LogP contribution in [0.15, 0.2) is 12.1 Å². The number of rotatable bonds is 6. The highest BCUT2D eigenvalue weighted by atomic mass is 16.5. The van der Waals surface area contributed by atoms with Crippen molar-refractivity contribution in [2.75, 3.05) is 26.2 Å². The van der Waals surface area contributed by atoms with Crippen molar-refractivity contribution in [3.05, 3.63) is 35.2 Å². The number of carbonyl (C=O) groups excluding carboxylic acids is 1. The number of phenols is 1. The number of ether oxygens (including phenoxy) is 1. The van der Waals surface area contributed by atoms with Crippen molar-refractivity contribution in [2.45, 2.75) is 44.8 Å². The van der Waals surface area contributed by atoms with E-state index in [4.69, 9.17) is 16.2 Å². The van der Waals surface area contributed by atoms with E-state index >= 15 is 0 Å². The lowest BCUT2D eigenvalue weighted by atomic mass is 9.83. The summed E-state index contributed by atoms with van der Waals surface area (Å²) in [6.45, 7) is 5.22. The van der Waals surface area contributed by atoms with E-state index in [0.29, 0.717) is 24.6 Å². The fraction of sp³-hybridized carbons (Fsp3) is 0.600. The number of carbonyl (C=O) groups is 1. The Morgan fingerprint density at radius 2 is 2.12 bits per heavy atom. The lowest BCUT2D eigenvalue weighted by molar-refractivity contribution is -0.115. The number of nitrogens with two attached hydrogens (primary N) is 2. The summed E-state index contributed by atoms with van der Waals surface area (Å²) in [5.74, 6) is 0.513. The van der Waals surface area contributed by atoms with E-state index < -0.39 is 0 Å². The Kier molecular flexibility index (Phi) is 6.16. The van der Waals surface area contributed by atoms with Gasteiger partial charge in [-0.3, -0.25) is 4.79 Å². The van der Waals surface area contributed by atoms with E-state index in [0.717, 1.165) is 55.6 Å². The molecule has 2 atom stereocenters. The van der Waals surface area contributed by atoms with Gasteiger partial charge in [0.2, 0.25) is 5.91 Å². The minimum atomic E-state index is -0.350. The predicted octanol–water partition coefficient (Wildman–Crippen LogP) is 1.43. The molecule has 2 aliphatic heterocycles. The maximum Gasteiger partial charge on any atom is 0.221 e. The number of piperidine rings is 1. The topological polar surface area (TPSA) is 102 Å². The highest BCUT2D eigenvalue weighted by molar-refractivity contribution is 5.82. The van der Waals surface area contributed by atoms with Gasteiger partial charge in [0.25, 0.3) is 0 Å². The first-order chi connectivity index (χ1) is 12.5. The number of nitrogens with zero attached hydrogens (tertiary/aromatic N) is 1. The second-order valence-electron chi connectivity index (χ2n) is 7.48. The molecule has 2 heterocycles. The third-order valence-electron chi connectivity index (χ3n) is 5.77. The molecule has 2 aliphatic rings. The second-order valence-corrected chi connectivity index (χ2v) is 7.48. The van der Waals surface area contributed by atoms with Crippen LogP contribution in [-0.4, -0.2) is 48.2 Å². The molecule has 0 aromatic heterocycles. The quantitative estimate of drug-likeness (QED) is 0.712. The normalized spacial score (nSPS) is 24.4. The van der Waals surface area contributed by atoms with Crippen LogP contribution in [-0.2, 0) is 16.0 Å². The lowest BCUT2D eigenvalue weighted by Gasteiger charge is -2.40. The third-order valence-corrected chi connectivity index (χ3v) is 5.77. The van der Waals surface area contributed by atoms with Gasteiger partial charge < -0.3 is 26.2 Å². The minimum absolute atomic E-state index is 0.100. The van der Waals surface area contributed by atoms with Gasteiger partial charge in [-0.25, -0.2) is 0 Å². The highest BCUT2D eigenvalue weighted by Crippen LogP contribution is 2.40. The lowest BCUT2D eigenvalue weighted by Crippen LogP contribution is -2.42. The van der Waals surface area contributed by atoms with Crippen molar-refractivity contribution >= 4 is 5.91 Å². The molecule has 3 rings (SSSR count). The molecule has 1 aromatic rings. The number of aromatic hydroxyl groups is 1. The maximum absolute atomic E-state index is 10.8. The maximum atomic E-state index is 10.8. The molecule has 1 radical (unpaired) electrons. The molecule has 0 unspecified atom stereocenters. The van der Waals surface area contributed by atoms with Crippen LogP contribution in [0, 0.1) is 19.3 Å². The van der Waals surface area contributed by atoms with E-state index in [1.807, 2.05) is 19.1 Å². The van der Waals surface area contributed by atoms with Crippen LogP contribution in [0.1, 0.15) is 42.1 Å². The van der Waals surface area contributed by atoms with Crippen LogP contribution in [0.25, 0.3) is 0 Å². The molecule has 0 spiro atoms. The Bertz CT molecular complexity index is 641. The SMILES string of the molecule is Cc1ccc2c(c1O)C[C@@H](C1CCN(CC[CH]C(N)=O)CC1)O[C@H]2CN. The summed E-state index contributed by atoms with van der Waals surface area (Å²) in [6, 6.07) is 3.97. The third kappa shape index (κ3) is 4.19. The zero-order chi connectivity index (χ0) is 18.7. The van der Waals surface area contributed by atoms with Crippen molar-refractivity contribution in [3.8, 4) is 5.75 Å². The van der Waals surface area contributed by atoms with Crippen molar-refractivity contribution in [1.82, 2.24) is 4.90 Å². The highest BCUT2D eigenvalue weighted by Gasteiger charge is 2.35. The van der Waals surface area contributed by atoms with Gasteiger partial charge in [0.1, 0.15) is 5.75 Å². The molecule has 143 valence electrons. The summed E-state index contributed by atoms with van der Waals surface area (Å²) < 4.78 is 6.32. The molecule has 1 amide bonds. The van der Waals surface area contributed by atoms with Crippen LogP contribution in [0.5, 0.6) is 5.75 Å². The van der Waals surface area contributed by atoms with Gasteiger partial charge >= 0.3 is 0 Å². The van der Waals surface area contributed by atoms with Crippen LogP contribution in [0.2, 0.25) is 0 Å². The number of amides is 1. The standard InChI is InChI=1S/C20H30N3O3/c1-13-4-5-15-16(20(13)25)11-17(26-18(15)12-21)14-6-9-23(10-7-14)8-2-3-19(22)24/h3-5,14,17-18,25H,2,6-12,21H2,1H3,(H2,22,24)/t17-,18-/m0/s1. The molecular formula is C20H30N3O3. The van der Waals surface area contributed by atoms with Crippen LogP contribution in [0.3, 0.4) is 0 Å². The summed E-state index contributed by atoms with van der Waals surface area (Å²) >= 11 is 0. The molecular weight excluding hydrogens is 330 g/mol. The van der Waals surface area contributed by atoms with E-state index in [1.54, 1.807) is 6.42 Å². The first-order valence-electron chi connectivity index (χ1n) is 9.51. The number of hydrogen-bond donors (Lipinski definition) is 3. The minimum Gasteiger partial charge on any atom is -0.507 e. The zero-order valence-electron chi connectivity index (χ0n) is 15.5. The number of benzene rings is 1. The number of hydrogen-bond acceptors (Lipinski definition) is 5. The first-order valence-corrected chi connectivity index (χ1v) is 9.51. The van der Waals surface area contributed by atoms with Crippen molar-refractivity contribution < 1.29 is 14.6 Å². The smallest absolute Gasteiger partial charge is 0.221 e. The number of aryl methyl sites for hydroxylation is 1. The molecule has 26 heavy (non-hydrogen) atoms. The summed E-state index contributed by atoms with van der Waals surface area (Å²) in [7, 11) is 0. The Morgan fingerprint density at radius 3 is 2.77 bits per heavy atom. The van der Waals surface area contributed by atoms with Gasteiger partial charge in [-0.15, -0.1) is 0 Å². The van der Waals surface area contributed by atoms with E-state index in [-0.39, 0.29) is 18.1 Å². The van der Waals surface area contributed by atoms with E-state index in [9.17, 15) is 9.90 Å². The summed E-state index contributed by atoms with van der Waals surface area (Å²) in [5, 5.41) is 10.5. The molecule has 5 N–H and O–H groups in total. The molecule has 1 aromatic carbocycles. The van der Waals surface area contributed by atoms with Crippen LogP contribution in [0.4, 0.5) is 0 Å². The number of primary amides is 1. The van der Waals surface area contributed by atoms with Gasteiger partial charge in [0.05, 0.1) is 18.6 Å². The molecule has 6 nitrogen and oxygen atoms in total. The average Bonchev–Trinajstić information content (AvgIpc) is 2.64. The van der Waals surface area contributed by atoms with Gasteiger partial charge in [0.15, 0.2) is 0 Å². The van der Waals surface area contributed by atoms with Gasteiger partial charge in [-0.2, -0.15) is 0 Å². The van der Waals surface area contributed by atoms with E-state index in [2.05, 4.69) is 4.90 Å². The molecule has 1 fully saturated rings. The van der Waals surface area contributed by atoms with Crippen LogP contribution < -0.4 is 11.5 Å². The summed E-state index contributed by atoms with van der Waals surface area (Å²) in [5.41, 5.74) is 14.0. The second kappa shape index (κ2) is 8.37. The largest absolute Gasteiger partial charge is 0.507 e. The van der Waals surface area contributed by atoms with Crippen molar-refractivity contribution in [3.63, 3.8) is 0 Å². The van der Waals surface area contributed by atoms with Gasteiger partial charge in [0, 0.05) is 18.5 Å². The number of phenolic OH excluding ortho intramolecular Hbond substituents is 1. The van der Waals surface area contributed by atoms with Gasteiger partial charge in [-0.05, 0) is 62.9 Å². The summed E-state index contributed by atoms with van der Waals surface area (Å²) in [6.07, 6.45) is 5.07. The monoisotopic (exact) mass is 360 g/mol. The van der Waals surface area contributed by atoms with Gasteiger partial charge in [-0.1, -0.05) is 12.1 Å². The molecule has 6 heteroatoms. The van der Waals surface area contributed by atoms with Crippen molar-refractivity contribution in [1.29, 1.82) is 0 Å². The molecule has 1 saturated heterocycles. The van der Waals surface area contributed by atoms with Crippen LogP contribution >= 0.6 is 0 Å². The Hall–Kier alpha value is -1.63. The number of likely N-dealkylation sites (tertiary alicyclic amines) is 1. The fourth-order valence-corrected chi connectivity index (χ4v) is 4.22. The summed E-state index contributed by atoms with van der Waals surface area (Å²) in [4.78, 5) is 13.2. The predicted molar refractivity (Wildman–Crippen MR) is 100 cm³/mol. The van der Waals surface area contributed by atoms with Crippen molar-refractivity contribution in [2.24, 2.45) is 17.4 Å². The molecule has 0 bridgehead atoms. The van der Waals surface area contributed by atoms with E-state index in [1.165, 1.54) is 0 Å². The Morgan fingerprint density at radius 1 is 1.38 bits per heavy atom. The zero-order valence-corrected chi connectivity index (χ0v) is 15.5. The number of fused-ring (bicyclic) bond motifs is 1. The Labute approximate surface area is 155 Å². The molecule has 0 saturated carbocycles. The fourth-order valence-electron chi connectivity index (χ4n) is 4.22. The molecule has 0 aliphatic carbocycles. The first kappa shape index (κ1) is 19.1. The Balaban J connectivity index is 1.61.